The van der Waals surface area contributed by atoms with Gasteiger partial charge in [0.15, 0.2) is 5.71 Å². The quantitative estimate of drug-likeness (QED) is 0.492. The molecule has 0 aliphatic carbocycles. The van der Waals surface area contributed by atoms with Gasteiger partial charge in [-0.2, -0.15) is 0 Å². The summed E-state index contributed by atoms with van der Waals surface area (Å²) in [5.41, 5.74) is 0.745. The van der Waals surface area contributed by atoms with Gasteiger partial charge in [-0.25, -0.2) is 0 Å². The van der Waals surface area contributed by atoms with E-state index in [-0.39, 0.29) is 5.71 Å². The Morgan fingerprint density at radius 1 is 1.39 bits per heavy atom. The molecule has 1 aromatic carbocycles. The first-order chi connectivity index (χ1) is 8.67. The molecule has 0 aliphatic heterocycles. The summed E-state index contributed by atoms with van der Waals surface area (Å²) in [6.45, 7) is 0. The Hall–Kier alpha value is -1.59. The second kappa shape index (κ2) is 5.37. The topological polar surface area (TPSA) is 47.9 Å². The molecule has 94 valence electrons. The van der Waals surface area contributed by atoms with Gasteiger partial charge in [0, 0.05) is 21.0 Å². The average molecular weight is 284 g/mol. The maximum absolute atomic E-state index is 11.4. The molecule has 0 bridgehead atoms. The van der Waals surface area contributed by atoms with Crippen LogP contribution in [-0.4, -0.2) is 25.2 Å². The summed E-state index contributed by atoms with van der Waals surface area (Å²) in [4.78, 5) is 16.0. The molecule has 1 heterocycles. The fraction of sp³-hybridized carbons (Fsp3) is 0.167. The third-order valence-electron chi connectivity index (χ3n) is 2.40. The standard InChI is InChI=1S/C12H10ClNO3S/c1-16-7-3-4-10-8(5-7)9(6-18-10)11(12(13)15)14-17-2/h3-6H,1-2H3. The summed E-state index contributed by atoms with van der Waals surface area (Å²) < 4.78 is 6.18. The summed E-state index contributed by atoms with van der Waals surface area (Å²) >= 11 is 7.01. The highest BCUT2D eigenvalue weighted by molar-refractivity contribution is 7.17. The van der Waals surface area contributed by atoms with Gasteiger partial charge in [-0.3, -0.25) is 4.79 Å². The molecule has 18 heavy (non-hydrogen) atoms. The molecule has 0 saturated heterocycles. The van der Waals surface area contributed by atoms with Gasteiger partial charge >= 0.3 is 0 Å². The number of ether oxygens (including phenoxy) is 1. The number of hydrogen-bond donors (Lipinski definition) is 0. The van der Waals surface area contributed by atoms with Crippen LogP contribution in [0.5, 0.6) is 5.75 Å². The predicted molar refractivity (Wildman–Crippen MR) is 72.8 cm³/mol. The van der Waals surface area contributed by atoms with Crippen molar-refractivity contribution in [1.29, 1.82) is 0 Å². The highest BCUT2D eigenvalue weighted by Gasteiger charge is 2.17. The molecule has 0 spiro atoms. The summed E-state index contributed by atoms with van der Waals surface area (Å²) in [7, 11) is 2.96. The second-order valence-electron chi connectivity index (χ2n) is 3.41. The number of carbonyl (C=O) groups is 1. The van der Waals surface area contributed by atoms with Crippen LogP contribution in [0.1, 0.15) is 5.56 Å². The van der Waals surface area contributed by atoms with Crippen LogP contribution in [0.2, 0.25) is 0 Å². The maximum atomic E-state index is 11.4. The van der Waals surface area contributed by atoms with Crippen molar-refractivity contribution in [2.75, 3.05) is 14.2 Å². The first-order valence-corrected chi connectivity index (χ1v) is 6.29. The highest BCUT2D eigenvalue weighted by Crippen LogP contribution is 2.30. The molecule has 1 aromatic heterocycles. The third-order valence-corrected chi connectivity index (χ3v) is 3.55. The molecule has 2 rings (SSSR count). The highest BCUT2D eigenvalue weighted by atomic mass is 35.5. The van der Waals surface area contributed by atoms with Crippen LogP contribution in [0, 0.1) is 0 Å². The van der Waals surface area contributed by atoms with Crippen molar-refractivity contribution >= 4 is 44.0 Å². The second-order valence-corrected chi connectivity index (χ2v) is 4.66. The van der Waals surface area contributed by atoms with E-state index in [9.17, 15) is 4.79 Å². The minimum absolute atomic E-state index is 0.0960. The lowest BCUT2D eigenvalue weighted by Crippen LogP contribution is -2.09. The van der Waals surface area contributed by atoms with Crippen molar-refractivity contribution in [3.63, 3.8) is 0 Å². The van der Waals surface area contributed by atoms with Gasteiger partial charge in [-0.15, -0.1) is 11.3 Å². The number of thiophene rings is 1. The fourth-order valence-corrected chi connectivity index (χ4v) is 2.66. The Morgan fingerprint density at radius 2 is 2.17 bits per heavy atom. The molecule has 0 atom stereocenters. The zero-order valence-corrected chi connectivity index (χ0v) is 11.3. The Kier molecular flexibility index (Phi) is 3.84. The predicted octanol–water partition coefficient (Wildman–Crippen LogP) is 3.03. The SMILES string of the molecule is CON=C(C(=O)Cl)c1csc2ccc(OC)cc12. The number of halogens is 1. The van der Waals surface area contributed by atoms with E-state index in [4.69, 9.17) is 16.3 Å². The van der Waals surface area contributed by atoms with Gasteiger partial charge in [-0.1, -0.05) is 5.16 Å². The third kappa shape index (κ3) is 2.32. The summed E-state index contributed by atoms with van der Waals surface area (Å²) in [6, 6.07) is 5.62. The zero-order chi connectivity index (χ0) is 13.1. The molecule has 0 N–H and O–H groups in total. The fourth-order valence-electron chi connectivity index (χ4n) is 1.60. The molecule has 0 saturated carbocycles. The number of carbonyl (C=O) groups excluding carboxylic acids is 1. The van der Waals surface area contributed by atoms with E-state index >= 15 is 0 Å². The molecule has 0 unspecified atom stereocenters. The van der Waals surface area contributed by atoms with Crippen molar-refractivity contribution in [1.82, 2.24) is 0 Å². The average Bonchev–Trinajstić information content (AvgIpc) is 2.78. The Balaban J connectivity index is 2.63. The van der Waals surface area contributed by atoms with Gasteiger partial charge in [0.2, 0.25) is 0 Å². The van der Waals surface area contributed by atoms with E-state index in [0.29, 0.717) is 11.3 Å². The lowest BCUT2D eigenvalue weighted by atomic mass is 10.1. The van der Waals surface area contributed by atoms with Crippen molar-refractivity contribution in [3.8, 4) is 5.75 Å². The molecule has 6 heteroatoms. The first-order valence-electron chi connectivity index (χ1n) is 5.04. The van der Waals surface area contributed by atoms with Gasteiger partial charge in [0.05, 0.1) is 7.11 Å². The van der Waals surface area contributed by atoms with E-state index in [2.05, 4.69) is 9.99 Å². The molecule has 0 radical (unpaired) electrons. The molecular formula is C12H10ClNO3S. The van der Waals surface area contributed by atoms with E-state index in [1.807, 2.05) is 23.6 Å². The summed E-state index contributed by atoms with van der Waals surface area (Å²) in [5, 5.41) is 5.71. The van der Waals surface area contributed by atoms with Crippen LogP contribution < -0.4 is 4.74 Å². The number of methoxy groups -OCH3 is 1. The summed E-state index contributed by atoms with van der Waals surface area (Å²) in [5.74, 6) is 0.709. The number of rotatable bonds is 4. The molecule has 2 aromatic rings. The monoisotopic (exact) mass is 283 g/mol. The molecule has 0 amide bonds. The van der Waals surface area contributed by atoms with Crippen LogP contribution in [-0.2, 0) is 9.63 Å². The smallest absolute Gasteiger partial charge is 0.274 e. The number of nitrogens with zero attached hydrogens (tertiary/aromatic N) is 1. The normalized spacial score (nSPS) is 11.6. The number of benzene rings is 1. The largest absolute Gasteiger partial charge is 0.497 e. The Labute approximate surface area is 113 Å². The van der Waals surface area contributed by atoms with Crippen molar-refractivity contribution in [2.45, 2.75) is 0 Å². The van der Waals surface area contributed by atoms with Gasteiger partial charge < -0.3 is 9.57 Å². The zero-order valence-electron chi connectivity index (χ0n) is 9.77. The number of hydrogen-bond acceptors (Lipinski definition) is 5. The molecule has 0 fully saturated rings. The molecule has 4 nitrogen and oxygen atoms in total. The minimum Gasteiger partial charge on any atom is -0.497 e. The minimum atomic E-state index is -0.653. The molecule has 0 aliphatic rings. The maximum Gasteiger partial charge on any atom is 0.274 e. The van der Waals surface area contributed by atoms with Crippen molar-refractivity contribution < 1.29 is 14.4 Å². The number of oxime groups is 1. The van der Waals surface area contributed by atoms with E-state index in [1.165, 1.54) is 18.4 Å². The van der Waals surface area contributed by atoms with Crippen LogP contribution in [0.25, 0.3) is 10.1 Å². The number of fused-ring (bicyclic) bond motifs is 1. The van der Waals surface area contributed by atoms with Crippen LogP contribution in [0.3, 0.4) is 0 Å². The van der Waals surface area contributed by atoms with E-state index in [0.717, 1.165) is 10.1 Å². The van der Waals surface area contributed by atoms with Gasteiger partial charge in [0.1, 0.15) is 12.9 Å². The van der Waals surface area contributed by atoms with Gasteiger partial charge in [0.25, 0.3) is 5.24 Å². The van der Waals surface area contributed by atoms with Crippen LogP contribution in [0.4, 0.5) is 0 Å². The first kappa shape index (κ1) is 12.9. The van der Waals surface area contributed by atoms with Crippen LogP contribution >= 0.6 is 22.9 Å². The van der Waals surface area contributed by atoms with Gasteiger partial charge in [-0.05, 0) is 29.8 Å². The lowest BCUT2D eigenvalue weighted by molar-refractivity contribution is -0.106. The Morgan fingerprint density at radius 3 is 2.78 bits per heavy atom. The van der Waals surface area contributed by atoms with Crippen LogP contribution in [0.15, 0.2) is 28.7 Å². The van der Waals surface area contributed by atoms with Crippen molar-refractivity contribution in [2.24, 2.45) is 5.16 Å². The molecular weight excluding hydrogens is 274 g/mol. The van der Waals surface area contributed by atoms with E-state index < -0.39 is 5.24 Å². The lowest BCUT2D eigenvalue weighted by Gasteiger charge is -2.02. The van der Waals surface area contributed by atoms with E-state index in [1.54, 1.807) is 7.11 Å². The summed E-state index contributed by atoms with van der Waals surface area (Å²) in [6.07, 6.45) is 0. The van der Waals surface area contributed by atoms with Crippen molar-refractivity contribution in [3.05, 3.63) is 29.1 Å². The Bertz CT molecular complexity index is 621.